The van der Waals surface area contributed by atoms with Crippen LogP contribution in [0, 0.1) is 5.92 Å². The lowest BCUT2D eigenvalue weighted by Gasteiger charge is -2.31. The maximum atomic E-state index is 11.1. The normalized spacial score (nSPS) is 32.6. The van der Waals surface area contributed by atoms with Crippen LogP contribution in [0.15, 0.2) is 0 Å². The zero-order chi connectivity index (χ0) is 11.7. The Morgan fingerprint density at radius 3 is 2.41 bits per heavy atom. The van der Waals surface area contributed by atoms with Gasteiger partial charge in [-0.25, -0.2) is 0 Å². The third-order valence-electron chi connectivity index (χ3n) is 3.82. The van der Waals surface area contributed by atoms with Gasteiger partial charge in [-0.3, -0.25) is 14.5 Å². The Morgan fingerprint density at radius 1 is 1.18 bits per heavy atom. The third-order valence-corrected chi connectivity index (χ3v) is 3.82. The van der Waals surface area contributed by atoms with Crippen LogP contribution in [0.2, 0.25) is 0 Å². The Labute approximate surface area is 106 Å². The smallest absolute Gasteiger partial charge is 0.320 e. The van der Waals surface area contributed by atoms with Crippen molar-refractivity contribution in [3.8, 4) is 0 Å². The summed E-state index contributed by atoms with van der Waals surface area (Å²) in [5.74, 6) is -1.43. The van der Waals surface area contributed by atoms with Crippen molar-refractivity contribution < 1.29 is 19.8 Å². The first-order chi connectivity index (χ1) is 7.59. The standard InChI is InChI=1S/C11H17NO4.ClH/c13-10(14)6-12-8-4-2-1-3-7(8)5-9(12)11(15)16;/h7-9H,1-6H2,(H,13,14)(H,15,16);1H. The van der Waals surface area contributed by atoms with Crippen molar-refractivity contribution >= 4 is 24.3 Å². The van der Waals surface area contributed by atoms with E-state index in [1.54, 1.807) is 4.90 Å². The van der Waals surface area contributed by atoms with Gasteiger partial charge in [0.05, 0.1) is 6.54 Å². The number of carbonyl (C=O) groups is 2. The van der Waals surface area contributed by atoms with Gasteiger partial charge in [-0.15, -0.1) is 12.4 Å². The van der Waals surface area contributed by atoms with Gasteiger partial charge in [0, 0.05) is 6.04 Å². The van der Waals surface area contributed by atoms with Gasteiger partial charge in [0.2, 0.25) is 0 Å². The zero-order valence-corrected chi connectivity index (χ0v) is 10.4. The molecule has 2 aliphatic rings. The molecule has 0 aromatic rings. The summed E-state index contributed by atoms with van der Waals surface area (Å²) < 4.78 is 0. The van der Waals surface area contributed by atoms with E-state index in [9.17, 15) is 9.59 Å². The van der Waals surface area contributed by atoms with Crippen molar-refractivity contribution in [2.75, 3.05) is 6.54 Å². The minimum absolute atomic E-state index is 0. The number of nitrogens with zero attached hydrogens (tertiary/aromatic N) is 1. The molecule has 1 heterocycles. The molecule has 1 saturated carbocycles. The summed E-state index contributed by atoms with van der Waals surface area (Å²) in [6, 6.07) is -0.421. The van der Waals surface area contributed by atoms with Crippen molar-refractivity contribution in [1.82, 2.24) is 4.90 Å². The second-order valence-corrected chi connectivity index (χ2v) is 4.77. The van der Waals surface area contributed by atoms with Crippen molar-refractivity contribution in [3.63, 3.8) is 0 Å². The van der Waals surface area contributed by atoms with Gasteiger partial charge in [0.1, 0.15) is 6.04 Å². The van der Waals surface area contributed by atoms with Crippen LogP contribution in [0.1, 0.15) is 32.1 Å². The average molecular weight is 264 g/mol. The highest BCUT2D eigenvalue weighted by Crippen LogP contribution is 2.39. The number of hydrogen-bond donors (Lipinski definition) is 2. The summed E-state index contributed by atoms with van der Waals surface area (Å²) in [5.41, 5.74) is 0. The molecule has 0 bridgehead atoms. The molecular formula is C11H18ClNO4. The van der Waals surface area contributed by atoms with Gasteiger partial charge in [0.25, 0.3) is 0 Å². The first-order valence-corrected chi connectivity index (χ1v) is 5.80. The van der Waals surface area contributed by atoms with Crippen molar-refractivity contribution in [3.05, 3.63) is 0 Å². The lowest BCUT2D eigenvalue weighted by atomic mass is 9.85. The molecule has 3 atom stereocenters. The fourth-order valence-electron chi connectivity index (χ4n) is 3.18. The average Bonchev–Trinajstić information content (AvgIpc) is 2.57. The van der Waals surface area contributed by atoms with Gasteiger partial charge in [-0.05, 0) is 25.2 Å². The summed E-state index contributed by atoms with van der Waals surface area (Å²) in [6.07, 6.45) is 4.84. The Hall–Kier alpha value is -0.810. The lowest BCUT2D eigenvalue weighted by molar-refractivity contribution is -0.145. The molecule has 0 aromatic heterocycles. The lowest BCUT2D eigenvalue weighted by Crippen LogP contribution is -2.44. The molecule has 2 rings (SSSR count). The molecule has 2 N–H and O–H groups in total. The fourth-order valence-corrected chi connectivity index (χ4v) is 3.18. The summed E-state index contributed by atoms with van der Waals surface area (Å²) in [5, 5.41) is 17.9. The number of carboxylic acids is 2. The molecule has 0 radical (unpaired) electrons. The van der Waals surface area contributed by atoms with Crippen LogP contribution in [-0.2, 0) is 9.59 Å². The minimum atomic E-state index is -0.933. The molecule has 1 saturated heterocycles. The van der Waals surface area contributed by atoms with E-state index in [0.29, 0.717) is 12.3 Å². The van der Waals surface area contributed by atoms with Crippen LogP contribution in [-0.4, -0.2) is 45.7 Å². The number of rotatable bonds is 3. The monoisotopic (exact) mass is 263 g/mol. The number of carboxylic acid groups (broad SMARTS) is 2. The number of likely N-dealkylation sites (tertiary alicyclic amines) is 1. The molecule has 1 aliphatic heterocycles. The Balaban J connectivity index is 0.00000144. The second-order valence-electron chi connectivity index (χ2n) is 4.77. The van der Waals surface area contributed by atoms with E-state index >= 15 is 0 Å². The van der Waals surface area contributed by atoms with E-state index in [0.717, 1.165) is 25.7 Å². The summed E-state index contributed by atoms with van der Waals surface area (Å²) in [4.78, 5) is 23.5. The van der Waals surface area contributed by atoms with E-state index in [4.69, 9.17) is 10.2 Å². The molecular weight excluding hydrogens is 246 g/mol. The molecule has 5 nitrogen and oxygen atoms in total. The molecule has 0 spiro atoms. The van der Waals surface area contributed by atoms with Gasteiger partial charge < -0.3 is 10.2 Å². The van der Waals surface area contributed by atoms with Crippen LogP contribution in [0.3, 0.4) is 0 Å². The Morgan fingerprint density at radius 2 is 1.82 bits per heavy atom. The molecule has 17 heavy (non-hydrogen) atoms. The highest BCUT2D eigenvalue weighted by Gasteiger charge is 2.45. The van der Waals surface area contributed by atoms with Crippen LogP contribution in [0.25, 0.3) is 0 Å². The molecule has 3 unspecified atom stereocenters. The van der Waals surface area contributed by atoms with Gasteiger partial charge in [-0.2, -0.15) is 0 Å². The highest BCUT2D eigenvalue weighted by atomic mass is 35.5. The van der Waals surface area contributed by atoms with Gasteiger partial charge in [0.15, 0.2) is 0 Å². The highest BCUT2D eigenvalue weighted by molar-refractivity contribution is 5.85. The first kappa shape index (κ1) is 14.3. The van der Waals surface area contributed by atoms with Gasteiger partial charge >= 0.3 is 11.9 Å². The Bertz CT molecular complexity index is 310. The molecule has 98 valence electrons. The van der Waals surface area contributed by atoms with Crippen LogP contribution in [0.4, 0.5) is 0 Å². The predicted molar refractivity (Wildman–Crippen MR) is 63.4 cm³/mol. The maximum absolute atomic E-state index is 11.1. The van der Waals surface area contributed by atoms with E-state index in [2.05, 4.69) is 0 Å². The first-order valence-electron chi connectivity index (χ1n) is 5.80. The predicted octanol–water partition coefficient (Wildman–Crippen LogP) is 1.21. The molecule has 0 aromatic carbocycles. The summed E-state index contributed by atoms with van der Waals surface area (Å²) in [6.45, 7) is -0.141. The van der Waals surface area contributed by atoms with E-state index in [1.807, 2.05) is 0 Å². The maximum Gasteiger partial charge on any atom is 0.320 e. The topological polar surface area (TPSA) is 77.8 Å². The summed E-state index contributed by atoms with van der Waals surface area (Å²) >= 11 is 0. The van der Waals surface area contributed by atoms with Gasteiger partial charge in [-0.1, -0.05) is 12.8 Å². The third kappa shape index (κ3) is 2.90. The quantitative estimate of drug-likeness (QED) is 0.800. The minimum Gasteiger partial charge on any atom is -0.480 e. The Kier molecular flexibility index (Phi) is 4.77. The van der Waals surface area contributed by atoms with Crippen molar-refractivity contribution in [1.29, 1.82) is 0 Å². The fraction of sp³-hybridized carbons (Fsp3) is 0.818. The molecule has 6 heteroatoms. The van der Waals surface area contributed by atoms with E-state index in [1.165, 1.54) is 0 Å². The number of hydrogen-bond acceptors (Lipinski definition) is 3. The molecule has 2 fully saturated rings. The zero-order valence-electron chi connectivity index (χ0n) is 9.54. The van der Waals surface area contributed by atoms with Crippen molar-refractivity contribution in [2.24, 2.45) is 5.92 Å². The number of fused-ring (bicyclic) bond motifs is 1. The second kappa shape index (κ2) is 5.69. The largest absolute Gasteiger partial charge is 0.480 e. The SMILES string of the molecule is Cl.O=C(O)CN1C(C(=O)O)CC2CCCCC21. The van der Waals surface area contributed by atoms with Crippen molar-refractivity contribution in [2.45, 2.75) is 44.2 Å². The molecule has 1 aliphatic carbocycles. The summed E-state index contributed by atoms with van der Waals surface area (Å²) in [7, 11) is 0. The van der Waals surface area contributed by atoms with Crippen LogP contribution in [0.5, 0.6) is 0 Å². The number of halogens is 1. The van der Waals surface area contributed by atoms with Crippen LogP contribution < -0.4 is 0 Å². The van der Waals surface area contributed by atoms with E-state index < -0.39 is 18.0 Å². The molecule has 0 amide bonds. The number of aliphatic carboxylic acids is 2. The van der Waals surface area contributed by atoms with Crippen LogP contribution >= 0.6 is 12.4 Å². The van der Waals surface area contributed by atoms with E-state index in [-0.39, 0.29) is 25.0 Å².